The summed E-state index contributed by atoms with van der Waals surface area (Å²) in [5.41, 5.74) is 1.08. The van der Waals surface area contributed by atoms with E-state index in [1.54, 1.807) is 6.07 Å². The van der Waals surface area contributed by atoms with Crippen LogP contribution >= 0.6 is 0 Å². The Kier molecular flexibility index (Phi) is 3.78. The minimum Gasteiger partial charge on any atom is -0.480 e. The molecule has 1 aliphatic rings. The molecule has 8 heteroatoms. The van der Waals surface area contributed by atoms with Gasteiger partial charge in [-0.15, -0.1) is 0 Å². The lowest BCUT2D eigenvalue weighted by atomic mass is 10.0. The fourth-order valence-electron chi connectivity index (χ4n) is 1.91. The Morgan fingerprint density at radius 2 is 2.15 bits per heavy atom. The fraction of sp³-hybridized carbons (Fsp3) is 0.333. The molecule has 3 N–H and O–H groups in total. The first-order valence-corrected chi connectivity index (χ1v) is 7.46. The first kappa shape index (κ1) is 14.5. The van der Waals surface area contributed by atoms with Crippen LogP contribution in [-0.2, 0) is 21.2 Å². The van der Waals surface area contributed by atoms with E-state index in [-0.39, 0.29) is 10.8 Å². The van der Waals surface area contributed by atoms with E-state index in [1.807, 2.05) is 4.72 Å². The van der Waals surface area contributed by atoms with Gasteiger partial charge in [0.2, 0.25) is 10.0 Å². The molecule has 0 fully saturated rings. The number of sulfonamides is 1. The third kappa shape index (κ3) is 2.81. The minimum atomic E-state index is -3.97. The Hall–Kier alpha value is -1.93. The number of hydrogen-bond donors (Lipinski definition) is 3. The number of fused-ring (bicyclic) bond motifs is 1. The van der Waals surface area contributed by atoms with E-state index < -0.39 is 22.0 Å². The molecule has 1 aromatic carbocycles. The molecule has 0 bridgehead atoms. The van der Waals surface area contributed by atoms with E-state index in [1.165, 1.54) is 19.1 Å². The van der Waals surface area contributed by atoms with Crippen LogP contribution in [-0.4, -0.2) is 38.0 Å². The molecule has 1 aromatic rings. The smallest absolute Gasteiger partial charge is 0.321 e. The van der Waals surface area contributed by atoms with Crippen LogP contribution in [0.3, 0.4) is 0 Å². The largest absolute Gasteiger partial charge is 0.480 e. The summed E-state index contributed by atoms with van der Waals surface area (Å²) in [6, 6.07) is 2.97. The number of amides is 1. The van der Waals surface area contributed by atoms with Gasteiger partial charge in [0.05, 0.1) is 4.90 Å². The van der Waals surface area contributed by atoms with Gasteiger partial charge in [0, 0.05) is 12.1 Å². The zero-order chi connectivity index (χ0) is 14.9. The molecule has 0 spiro atoms. The third-order valence-corrected chi connectivity index (χ3v) is 4.56. The molecule has 2 rings (SSSR count). The molecule has 0 radical (unpaired) electrons. The van der Waals surface area contributed by atoms with Crippen molar-refractivity contribution >= 4 is 21.9 Å². The van der Waals surface area contributed by atoms with Crippen LogP contribution in [0.5, 0.6) is 0 Å². The maximum Gasteiger partial charge on any atom is 0.321 e. The van der Waals surface area contributed by atoms with Crippen molar-refractivity contribution in [2.45, 2.75) is 24.3 Å². The van der Waals surface area contributed by atoms with Gasteiger partial charge in [-0.2, -0.15) is 4.72 Å². The second-order valence-electron chi connectivity index (χ2n) is 4.51. The number of aliphatic carboxylic acids is 1. The van der Waals surface area contributed by atoms with Crippen molar-refractivity contribution in [3.8, 4) is 0 Å². The van der Waals surface area contributed by atoms with E-state index in [9.17, 15) is 18.0 Å². The van der Waals surface area contributed by atoms with Gasteiger partial charge in [-0.1, -0.05) is 6.07 Å². The van der Waals surface area contributed by atoms with E-state index in [2.05, 4.69) is 5.32 Å². The summed E-state index contributed by atoms with van der Waals surface area (Å²) in [4.78, 5) is 22.3. The highest BCUT2D eigenvalue weighted by molar-refractivity contribution is 7.89. The van der Waals surface area contributed by atoms with E-state index >= 15 is 0 Å². The average molecular weight is 298 g/mol. The Morgan fingerprint density at radius 1 is 1.45 bits per heavy atom. The average Bonchev–Trinajstić information content (AvgIpc) is 2.38. The highest BCUT2D eigenvalue weighted by Crippen LogP contribution is 2.19. The zero-order valence-corrected chi connectivity index (χ0v) is 11.5. The summed E-state index contributed by atoms with van der Waals surface area (Å²) in [7, 11) is -3.97. The lowest BCUT2D eigenvalue weighted by Crippen LogP contribution is -2.38. The third-order valence-electron chi connectivity index (χ3n) is 3.02. The molecule has 1 aliphatic heterocycles. The van der Waals surface area contributed by atoms with E-state index in [4.69, 9.17) is 5.11 Å². The summed E-state index contributed by atoms with van der Waals surface area (Å²) in [5.74, 6) is -1.60. The Labute approximate surface area is 116 Å². The van der Waals surface area contributed by atoms with Gasteiger partial charge in [-0.25, -0.2) is 8.42 Å². The predicted molar refractivity (Wildman–Crippen MR) is 69.9 cm³/mol. The lowest BCUT2D eigenvalue weighted by molar-refractivity contribution is -0.138. The molecule has 0 aromatic heterocycles. The highest BCUT2D eigenvalue weighted by atomic mass is 32.2. The molecule has 20 heavy (non-hydrogen) atoms. The molecular formula is C12H14N2O5S. The van der Waals surface area contributed by atoms with Gasteiger partial charge < -0.3 is 10.4 Å². The maximum atomic E-state index is 12.0. The molecular weight excluding hydrogens is 284 g/mol. The molecule has 1 atom stereocenters. The Bertz CT molecular complexity index is 668. The van der Waals surface area contributed by atoms with Gasteiger partial charge in [-0.05, 0) is 31.0 Å². The normalized spacial score (nSPS) is 16.1. The molecule has 1 amide bonds. The first-order valence-electron chi connectivity index (χ1n) is 5.97. The Balaban J connectivity index is 2.36. The summed E-state index contributed by atoms with van der Waals surface area (Å²) in [5, 5.41) is 11.4. The molecule has 1 heterocycles. The van der Waals surface area contributed by atoms with Crippen LogP contribution < -0.4 is 10.0 Å². The quantitative estimate of drug-likeness (QED) is 0.708. The molecule has 0 unspecified atom stereocenters. The van der Waals surface area contributed by atoms with Crippen molar-refractivity contribution in [2.75, 3.05) is 6.54 Å². The maximum absolute atomic E-state index is 12.0. The van der Waals surface area contributed by atoms with Crippen LogP contribution in [0.1, 0.15) is 22.8 Å². The number of nitrogens with one attached hydrogen (secondary N) is 2. The van der Waals surface area contributed by atoms with Crippen molar-refractivity contribution in [1.82, 2.24) is 10.0 Å². The van der Waals surface area contributed by atoms with Crippen LogP contribution in [0.25, 0.3) is 0 Å². The summed E-state index contributed by atoms with van der Waals surface area (Å²) in [6.45, 7) is 1.75. The van der Waals surface area contributed by atoms with Gasteiger partial charge >= 0.3 is 5.97 Å². The van der Waals surface area contributed by atoms with Crippen LogP contribution in [0.15, 0.2) is 23.1 Å². The SMILES string of the molecule is C[C@@H](NS(=O)(=O)c1ccc2c(c1)C(=O)NCC2)C(=O)O. The minimum absolute atomic E-state index is 0.124. The number of hydrogen-bond acceptors (Lipinski definition) is 4. The lowest BCUT2D eigenvalue weighted by Gasteiger charge is -2.17. The summed E-state index contributed by atoms with van der Waals surface area (Å²) < 4.78 is 26.1. The van der Waals surface area contributed by atoms with Gasteiger partial charge in [0.15, 0.2) is 0 Å². The first-order chi connectivity index (χ1) is 9.31. The van der Waals surface area contributed by atoms with E-state index in [0.29, 0.717) is 18.5 Å². The van der Waals surface area contributed by atoms with Crippen LogP contribution in [0, 0.1) is 0 Å². The van der Waals surface area contributed by atoms with Crippen molar-refractivity contribution in [1.29, 1.82) is 0 Å². The topological polar surface area (TPSA) is 113 Å². The van der Waals surface area contributed by atoms with Crippen LogP contribution in [0.2, 0.25) is 0 Å². The number of carboxylic acid groups (broad SMARTS) is 1. The predicted octanol–water partition coefficient (Wildman–Crippen LogP) is -0.276. The number of benzene rings is 1. The van der Waals surface area contributed by atoms with Crippen LogP contribution in [0.4, 0.5) is 0 Å². The fourth-order valence-corrected chi connectivity index (χ4v) is 3.13. The van der Waals surface area contributed by atoms with E-state index in [0.717, 1.165) is 5.56 Å². The standard InChI is InChI=1S/C12H14N2O5S/c1-7(12(16)17)14-20(18,19)9-3-2-8-4-5-13-11(15)10(8)6-9/h2-3,6-7,14H,4-5H2,1H3,(H,13,15)(H,16,17)/t7-/m1/s1. The number of carbonyl (C=O) groups is 2. The van der Waals surface area contributed by atoms with Crippen molar-refractivity contribution in [2.24, 2.45) is 0 Å². The highest BCUT2D eigenvalue weighted by Gasteiger charge is 2.24. The number of carbonyl (C=O) groups excluding carboxylic acids is 1. The van der Waals surface area contributed by atoms with Crippen molar-refractivity contribution in [3.63, 3.8) is 0 Å². The monoisotopic (exact) mass is 298 g/mol. The van der Waals surface area contributed by atoms with Gasteiger partial charge in [-0.3, -0.25) is 9.59 Å². The molecule has 0 aliphatic carbocycles. The molecule has 7 nitrogen and oxygen atoms in total. The second kappa shape index (κ2) is 5.22. The second-order valence-corrected chi connectivity index (χ2v) is 6.22. The molecule has 0 saturated carbocycles. The number of rotatable bonds is 4. The Morgan fingerprint density at radius 3 is 2.80 bits per heavy atom. The van der Waals surface area contributed by atoms with Gasteiger partial charge in [0.25, 0.3) is 5.91 Å². The molecule has 0 saturated heterocycles. The number of carboxylic acids is 1. The summed E-state index contributed by atoms with van der Waals surface area (Å²) >= 11 is 0. The van der Waals surface area contributed by atoms with Crippen molar-refractivity contribution in [3.05, 3.63) is 29.3 Å². The van der Waals surface area contributed by atoms with Gasteiger partial charge in [0.1, 0.15) is 6.04 Å². The summed E-state index contributed by atoms with van der Waals surface area (Å²) in [6.07, 6.45) is 0.639. The zero-order valence-electron chi connectivity index (χ0n) is 10.7. The van der Waals surface area contributed by atoms with Crippen molar-refractivity contribution < 1.29 is 23.1 Å². The molecule has 108 valence electrons.